The highest BCUT2D eigenvalue weighted by atomic mass is 19.1. The first-order valence-corrected chi connectivity index (χ1v) is 24.2. The Bertz CT molecular complexity index is 2470. The van der Waals surface area contributed by atoms with Crippen molar-refractivity contribution in [2.75, 3.05) is 77.9 Å². The van der Waals surface area contributed by atoms with Crippen LogP contribution < -0.4 is 10.6 Å². The zero-order chi connectivity index (χ0) is 50.0. The molecule has 3 saturated carbocycles. The molecule has 1 spiro atoms. The Morgan fingerprint density at radius 3 is 2.20 bits per heavy atom. The van der Waals surface area contributed by atoms with Crippen molar-refractivity contribution in [3.63, 3.8) is 0 Å². The van der Waals surface area contributed by atoms with E-state index in [0.29, 0.717) is 57.3 Å². The second-order valence-corrected chi connectivity index (χ2v) is 19.2. The number of fused-ring (bicyclic) bond motifs is 4. The van der Waals surface area contributed by atoms with Crippen LogP contribution in [0.2, 0.25) is 0 Å². The number of alkyl halides is 2. The maximum Gasteiger partial charge on any atom is 0.253 e. The Kier molecular flexibility index (Phi) is 14.9. The van der Waals surface area contributed by atoms with E-state index in [1.807, 2.05) is 55.5 Å². The minimum atomic E-state index is -1.98. The van der Waals surface area contributed by atoms with Gasteiger partial charge in [-0.15, -0.1) is 0 Å². The number of hydrogen-bond acceptors (Lipinski definition) is 14. The molecule has 4 aliphatic carbocycles. The molecule has 2 aromatic rings. The number of carbonyl (C=O) groups excluding carboxylic acids is 6. The van der Waals surface area contributed by atoms with Crippen molar-refractivity contribution in [1.82, 2.24) is 10.2 Å². The molecule has 10 atom stereocenters. The molecule has 3 aliphatic heterocycles. The molecule has 7 aliphatic rings. The zero-order valence-electron chi connectivity index (χ0n) is 39.4. The minimum absolute atomic E-state index is 0.0170. The van der Waals surface area contributed by atoms with Gasteiger partial charge in [-0.05, 0) is 73.1 Å². The van der Waals surface area contributed by atoms with Crippen LogP contribution >= 0.6 is 0 Å². The largest absolute Gasteiger partial charge is 0.388 e. The second kappa shape index (κ2) is 21.0. The van der Waals surface area contributed by atoms with E-state index in [4.69, 9.17) is 33.2 Å². The second-order valence-electron chi connectivity index (χ2n) is 19.2. The summed E-state index contributed by atoms with van der Waals surface area (Å²) in [7, 11) is 0. The first-order chi connectivity index (χ1) is 34.2. The molecule has 19 heteroatoms. The molecule has 3 N–H and O–H groups in total. The highest BCUT2D eigenvalue weighted by Crippen LogP contribution is 2.75. The van der Waals surface area contributed by atoms with Gasteiger partial charge in [0.1, 0.15) is 18.4 Å². The van der Waals surface area contributed by atoms with Crippen LogP contribution in [0.15, 0.2) is 84.5 Å². The van der Waals surface area contributed by atoms with Gasteiger partial charge in [0, 0.05) is 59.8 Å². The van der Waals surface area contributed by atoms with Crippen molar-refractivity contribution in [2.24, 2.45) is 17.3 Å². The fourth-order valence-electron chi connectivity index (χ4n) is 11.9. The van der Waals surface area contributed by atoms with E-state index in [1.54, 1.807) is 0 Å². The number of nitrogens with zero attached hydrogens (tertiary/aromatic N) is 1. The molecule has 4 amide bonds. The summed E-state index contributed by atoms with van der Waals surface area (Å²) in [5, 5.41) is 15.9. The number of carbonyl (C=O) groups is 6. The summed E-state index contributed by atoms with van der Waals surface area (Å²) in [5.74, 6) is -3.67. The van der Waals surface area contributed by atoms with Gasteiger partial charge >= 0.3 is 0 Å². The Labute approximate surface area is 409 Å². The van der Waals surface area contributed by atoms with Gasteiger partial charge in [-0.25, -0.2) is 8.78 Å². The highest BCUT2D eigenvalue weighted by molar-refractivity contribution is 6.13. The van der Waals surface area contributed by atoms with E-state index >= 15 is 8.78 Å². The van der Waals surface area contributed by atoms with Gasteiger partial charge in [0.25, 0.3) is 11.8 Å². The van der Waals surface area contributed by atoms with Crippen molar-refractivity contribution in [3.8, 4) is 0 Å². The molecule has 2 saturated heterocycles. The molecule has 1 unspecified atom stereocenters. The minimum Gasteiger partial charge on any atom is -0.388 e. The maximum atomic E-state index is 17.5. The van der Waals surface area contributed by atoms with E-state index < -0.39 is 88.8 Å². The van der Waals surface area contributed by atoms with Crippen molar-refractivity contribution in [1.29, 1.82) is 0 Å². The van der Waals surface area contributed by atoms with Gasteiger partial charge < -0.3 is 48.9 Å². The molecular formula is C52H59F2N3O14. The third kappa shape index (κ3) is 9.46. The van der Waals surface area contributed by atoms with Crippen LogP contribution in [0.1, 0.15) is 62.0 Å². The van der Waals surface area contributed by atoms with E-state index in [1.165, 1.54) is 24.3 Å². The zero-order valence-corrected chi connectivity index (χ0v) is 39.4. The predicted octanol–water partition coefficient (Wildman–Crippen LogP) is 3.52. The fourth-order valence-corrected chi connectivity index (χ4v) is 11.9. The number of anilines is 1. The van der Waals surface area contributed by atoms with Gasteiger partial charge in [0.05, 0.1) is 71.5 Å². The number of imide groups is 1. The summed E-state index contributed by atoms with van der Waals surface area (Å²) in [6.45, 7) is 3.88. The number of ether oxygens (including phenoxy) is 7. The summed E-state index contributed by atoms with van der Waals surface area (Å²) in [4.78, 5) is 74.8. The first kappa shape index (κ1) is 50.6. The molecule has 0 bridgehead atoms. The van der Waals surface area contributed by atoms with Crippen LogP contribution in [-0.2, 0) is 68.3 Å². The number of rotatable bonds is 24. The Morgan fingerprint density at radius 2 is 1.49 bits per heavy atom. The molecule has 9 rings (SSSR count). The number of aliphatic hydroxyl groups is 1. The number of ketones is 2. The number of hydrogen-bond donors (Lipinski definition) is 3. The maximum absolute atomic E-state index is 17.5. The van der Waals surface area contributed by atoms with E-state index in [0.717, 1.165) is 22.1 Å². The normalized spacial score (nSPS) is 31.9. The van der Waals surface area contributed by atoms with Crippen molar-refractivity contribution >= 4 is 40.9 Å². The fraction of sp³-hybridized carbons (Fsp3) is 0.538. The number of amides is 4. The molecule has 380 valence electrons. The van der Waals surface area contributed by atoms with Gasteiger partial charge in [0.15, 0.2) is 29.1 Å². The average Bonchev–Trinajstić information content (AvgIpc) is 3.98. The van der Waals surface area contributed by atoms with E-state index in [9.17, 15) is 33.9 Å². The van der Waals surface area contributed by atoms with Crippen molar-refractivity contribution in [2.45, 2.75) is 87.0 Å². The summed E-state index contributed by atoms with van der Waals surface area (Å²) >= 11 is 0. The van der Waals surface area contributed by atoms with Gasteiger partial charge in [-0.1, -0.05) is 43.3 Å². The Balaban J connectivity index is 0.660. The van der Waals surface area contributed by atoms with Crippen LogP contribution in [0.25, 0.3) is 0 Å². The molecule has 0 radical (unpaired) electrons. The van der Waals surface area contributed by atoms with E-state index in [-0.39, 0.29) is 75.8 Å². The number of Topliss-reactive ketones (excluding diaryl/α,β-unsaturated/α-hetero) is 1. The molecule has 5 fully saturated rings. The van der Waals surface area contributed by atoms with Crippen LogP contribution in [-0.4, -0.2) is 153 Å². The SMILES string of the molecule is C[C@]12C[C@@H]3O[C@]45C=CC(=O)C=C4[C@@H](F)C[C@@H](C1C[C@H]1O[C@@H](c4ccc(Cc6cccc(NC(=O)CCOCCOCCOCCOCCNC(=O)CCN7C(=O)C=CC7=O)c6)cc4)O[C@]12C(=O)CO)[C@]35F. The molecule has 17 nitrogen and oxygen atoms in total. The lowest BCUT2D eigenvalue weighted by Crippen LogP contribution is -2.82. The summed E-state index contributed by atoms with van der Waals surface area (Å²) in [6.07, 6.45) is 2.62. The smallest absolute Gasteiger partial charge is 0.253 e. The van der Waals surface area contributed by atoms with Crippen molar-refractivity contribution < 1.29 is 75.8 Å². The summed E-state index contributed by atoms with van der Waals surface area (Å²) in [6, 6.07) is 15.1. The lowest BCUT2D eigenvalue weighted by atomic mass is 9.44. The molecule has 71 heavy (non-hydrogen) atoms. The third-order valence-corrected chi connectivity index (χ3v) is 15.2. The molecule has 3 heterocycles. The number of aliphatic hydroxyl groups excluding tert-OH is 1. The number of allylic oxidation sites excluding steroid dienone is 2. The Morgan fingerprint density at radius 1 is 0.803 bits per heavy atom. The van der Waals surface area contributed by atoms with Crippen LogP contribution in [0.5, 0.6) is 0 Å². The lowest BCUT2D eigenvalue weighted by Gasteiger charge is -2.71. The van der Waals surface area contributed by atoms with E-state index in [2.05, 4.69) is 10.6 Å². The number of benzene rings is 2. The lowest BCUT2D eigenvalue weighted by molar-refractivity contribution is -0.360. The topological polar surface area (TPSA) is 215 Å². The quantitative estimate of drug-likeness (QED) is 0.102. The standard InChI is InChI=1S/C52H59F2N3O14/c1-49-30-43-51(54)38(28-40(53)39-27-36(59)11-14-50(39,51)70-43)37(49)29-42-52(49,41(60)31-58)71-48(69-42)34-7-5-32(6-8-34)25-33-3-2-4-35(26-33)56-45(62)13-17-65-19-21-67-23-24-68-22-20-66-18-15-55-44(61)12-16-57-46(63)9-10-47(57)64/h2-11,14,26-27,37-38,40,42-43,48,58H,12-13,15-25,28-31H2,1H3,(H,55,61)(H,56,62)/t37?,38-,40-,42+,43-,48+,49-,50+,51-,52+/m0/s1. The predicted molar refractivity (Wildman–Crippen MR) is 247 cm³/mol. The van der Waals surface area contributed by atoms with Crippen LogP contribution in [0.3, 0.4) is 0 Å². The van der Waals surface area contributed by atoms with Gasteiger partial charge in [-0.3, -0.25) is 33.7 Å². The van der Waals surface area contributed by atoms with Crippen LogP contribution in [0.4, 0.5) is 14.5 Å². The van der Waals surface area contributed by atoms with Crippen LogP contribution in [0, 0.1) is 17.3 Å². The first-order valence-electron chi connectivity index (χ1n) is 24.2. The molecule has 0 aromatic heterocycles. The number of nitrogens with one attached hydrogen (secondary N) is 2. The monoisotopic (exact) mass is 987 g/mol. The molecule has 2 aromatic carbocycles. The Hall–Kier alpha value is -5.38. The number of halogens is 2. The molecular weight excluding hydrogens is 929 g/mol. The third-order valence-electron chi connectivity index (χ3n) is 15.2. The average molecular weight is 988 g/mol. The van der Waals surface area contributed by atoms with Crippen molar-refractivity contribution in [3.05, 3.63) is 101 Å². The highest BCUT2D eigenvalue weighted by Gasteiger charge is 2.85. The van der Waals surface area contributed by atoms with Gasteiger partial charge in [0.2, 0.25) is 11.8 Å². The summed E-state index contributed by atoms with van der Waals surface area (Å²) in [5.41, 5.74) is -3.08. The summed E-state index contributed by atoms with van der Waals surface area (Å²) < 4.78 is 74.8. The van der Waals surface area contributed by atoms with Gasteiger partial charge in [-0.2, -0.15) is 0 Å².